The molecule has 6 unspecified atom stereocenters. The van der Waals surface area contributed by atoms with Gasteiger partial charge in [0.1, 0.15) is 30.5 Å². The van der Waals surface area contributed by atoms with Gasteiger partial charge in [0.05, 0.1) is 19.8 Å². The summed E-state index contributed by atoms with van der Waals surface area (Å²) < 4.78 is 59.5. The molecule has 71 heavy (non-hydrogen) atoms. The van der Waals surface area contributed by atoms with Crippen LogP contribution in [-0.2, 0) is 38.3 Å². The first kappa shape index (κ1) is 67.6. The number of unbranched alkanes of at least 4 members (excludes halogenated alkanes) is 36. The Hall–Kier alpha value is -1.42. The summed E-state index contributed by atoms with van der Waals surface area (Å²) in [7, 11) is -5.07. The number of rotatable bonds is 53. The Morgan fingerprint density at radius 3 is 1.37 bits per heavy atom. The van der Waals surface area contributed by atoms with E-state index in [0.29, 0.717) is 13.0 Å². The number of carbonyl (C=O) groups excluding carboxylic acids is 1. The number of esters is 1. The molecule has 1 rings (SSSR count). The van der Waals surface area contributed by atoms with Crippen LogP contribution >= 0.6 is 0 Å². The van der Waals surface area contributed by atoms with E-state index in [1.165, 1.54) is 199 Å². The number of aliphatic hydroxyl groups is 3. The van der Waals surface area contributed by atoms with Crippen molar-refractivity contribution in [3.8, 4) is 0 Å². The molecule has 0 aliphatic carbocycles. The minimum atomic E-state index is -5.07. The molecule has 0 bridgehead atoms. The predicted octanol–water partition coefficient (Wildman–Crippen LogP) is 14.7. The maximum atomic E-state index is 13.0. The van der Waals surface area contributed by atoms with Crippen LogP contribution in [-0.4, -0.2) is 97.5 Å². The van der Waals surface area contributed by atoms with Gasteiger partial charge in [0.2, 0.25) is 0 Å². The molecule has 12 nitrogen and oxygen atoms in total. The molecule has 13 heteroatoms. The summed E-state index contributed by atoms with van der Waals surface area (Å²) in [6.07, 6.45) is 50.8. The molecular formula is C58H110O12S. The summed E-state index contributed by atoms with van der Waals surface area (Å²) >= 11 is 0. The molecule has 0 aromatic rings. The lowest BCUT2D eigenvalue weighted by Gasteiger charge is -2.41. The summed E-state index contributed by atoms with van der Waals surface area (Å²) in [4.78, 5) is 13.0. The lowest BCUT2D eigenvalue weighted by Crippen LogP contribution is -2.60. The van der Waals surface area contributed by atoms with Crippen LogP contribution in [0.15, 0.2) is 24.3 Å². The predicted molar refractivity (Wildman–Crippen MR) is 290 cm³/mol. The summed E-state index contributed by atoms with van der Waals surface area (Å²) in [5, 5.41) is 30.8. The lowest BCUT2D eigenvalue weighted by atomic mass is 9.99. The Kier molecular flexibility index (Phi) is 47.1. The van der Waals surface area contributed by atoms with Crippen LogP contribution in [0, 0.1) is 0 Å². The Labute approximate surface area is 435 Å². The van der Waals surface area contributed by atoms with E-state index in [9.17, 15) is 33.1 Å². The van der Waals surface area contributed by atoms with Gasteiger partial charge in [0.15, 0.2) is 6.29 Å². The summed E-state index contributed by atoms with van der Waals surface area (Å²) in [5.41, 5.74) is 0. The molecule has 1 heterocycles. The van der Waals surface area contributed by atoms with Crippen molar-refractivity contribution >= 4 is 16.4 Å². The van der Waals surface area contributed by atoms with Gasteiger partial charge < -0.3 is 34.3 Å². The Morgan fingerprint density at radius 1 is 0.535 bits per heavy atom. The van der Waals surface area contributed by atoms with Crippen LogP contribution in [0.3, 0.4) is 0 Å². The van der Waals surface area contributed by atoms with Crippen LogP contribution in [0.1, 0.15) is 277 Å². The average molecular weight is 1030 g/mol. The number of aliphatic hydroxyl groups excluding tert-OH is 3. The molecule has 420 valence electrons. The molecule has 0 radical (unpaired) electrons. The zero-order valence-corrected chi connectivity index (χ0v) is 46.4. The topological polar surface area (TPSA) is 178 Å². The molecule has 1 aliphatic heterocycles. The fourth-order valence-corrected chi connectivity index (χ4v) is 9.86. The quantitative estimate of drug-likeness (QED) is 0.0196. The second-order valence-electron chi connectivity index (χ2n) is 20.6. The molecule has 1 aliphatic rings. The van der Waals surface area contributed by atoms with E-state index in [1.54, 1.807) is 0 Å². The number of carbonyl (C=O) groups is 1. The van der Waals surface area contributed by atoms with E-state index >= 15 is 0 Å². The third-order valence-electron chi connectivity index (χ3n) is 13.8. The highest BCUT2D eigenvalue weighted by molar-refractivity contribution is 7.80. The highest BCUT2D eigenvalue weighted by Crippen LogP contribution is 2.26. The zero-order valence-electron chi connectivity index (χ0n) is 45.6. The number of ether oxygens (including phenoxy) is 4. The van der Waals surface area contributed by atoms with Gasteiger partial charge >= 0.3 is 16.4 Å². The smallest absolute Gasteiger partial charge is 0.397 e. The van der Waals surface area contributed by atoms with E-state index in [4.69, 9.17) is 18.9 Å². The fourth-order valence-electron chi connectivity index (χ4n) is 9.35. The average Bonchev–Trinajstić information content (AvgIpc) is 3.35. The monoisotopic (exact) mass is 1030 g/mol. The van der Waals surface area contributed by atoms with Crippen molar-refractivity contribution in [3.63, 3.8) is 0 Å². The molecule has 6 atom stereocenters. The molecule has 0 aromatic carbocycles. The van der Waals surface area contributed by atoms with Crippen LogP contribution < -0.4 is 0 Å². The van der Waals surface area contributed by atoms with Crippen LogP contribution in [0.4, 0.5) is 0 Å². The van der Waals surface area contributed by atoms with Gasteiger partial charge in [-0.15, -0.1) is 0 Å². The van der Waals surface area contributed by atoms with E-state index < -0.39 is 59.8 Å². The van der Waals surface area contributed by atoms with Crippen molar-refractivity contribution in [1.82, 2.24) is 0 Å². The number of hydrogen-bond donors (Lipinski definition) is 4. The van der Waals surface area contributed by atoms with Gasteiger partial charge in [-0.1, -0.05) is 250 Å². The summed E-state index contributed by atoms with van der Waals surface area (Å²) in [5.74, 6) is -0.398. The standard InChI is InChI=1S/C58H110O12S/c1-3-5-7-9-11-13-15-17-19-21-23-24-25-26-27-28-30-32-34-36-38-40-42-44-46-48-66-50-52(51-67-58-56(62)57(70-71(63,64)65)55(61)53(49-59)69-58)68-54(60)47-45-43-41-39-37-35-33-31-29-22-20-18-16-14-12-10-8-6-4-2/h12,14,18,20,52-53,55-59,61-62H,3-11,13,15-17,19,21-51H2,1-2H3,(H,63,64,65)/b14-12-,20-18-. The SMILES string of the molecule is CCCCC/C=C\C/C=C\CCCCCCCCCCCC(=O)OC(COCCCCCCCCCCCCCCCCCCCCCCCCCCC)COC1OC(CO)C(O)C(OS(=O)(=O)O)C1O. The first-order valence-corrected chi connectivity index (χ1v) is 31.0. The largest absolute Gasteiger partial charge is 0.457 e. The first-order chi connectivity index (χ1) is 34.6. The number of hydrogen-bond acceptors (Lipinski definition) is 11. The molecule has 1 saturated heterocycles. The lowest BCUT2D eigenvalue weighted by molar-refractivity contribution is -0.301. The maximum Gasteiger partial charge on any atom is 0.397 e. The second kappa shape index (κ2) is 49.5. The Bertz CT molecular complexity index is 1330. The summed E-state index contributed by atoms with van der Waals surface area (Å²) in [6.45, 7) is 4.03. The maximum absolute atomic E-state index is 13.0. The third-order valence-corrected chi connectivity index (χ3v) is 14.3. The van der Waals surface area contributed by atoms with E-state index in [0.717, 1.165) is 51.4 Å². The highest BCUT2D eigenvalue weighted by atomic mass is 32.3. The van der Waals surface area contributed by atoms with Gasteiger partial charge in [0, 0.05) is 13.0 Å². The molecule has 1 fully saturated rings. The second-order valence-corrected chi connectivity index (χ2v) is 21.6. The van der Waals surface area contributed by atoms with E-state index in [2.05, 4.69) is 42.3 Å². The zero-order chi connectivity index (χ0) is 51.7. The molecule has 0 amide bonds. The van der Waals surface area contributed by atoms with Crippen molar-refractivity contribution in [3.05, 3.63) is 24.3 Å². The molecule has 0 aromatic heterocycles. The Balaban J connectivity index is 2.26. The minimum absolute atomic E-state index is 0.0395. The van der Waals surface area contributed by atoms with Gasteiger partial charge in [-0.2, -0.15) is 8.42 Å². The van der Waals surface area contributed by atoms with Crippen LogP contribution in [0.25, 0.3) is 0 Å². The summed E-state index contributed by atoms with van der Waals surface area (Å²) in [6, 6.07) is 0. The van der Waals surface area contributed by atoms with Crippen molar-refractivity contribution in [2.75, 3.05) is 26.4 Å². The van der Waals surface area contributed by atoms with Gasteiger partial charge in [-0.25, -0.2) is 4.18 Å². The van der Waals surface area contributed by atoms with Crippen molar-refractivity contribution in [2.45, 2.75) is 314 Å². The molecular weight excluding hydrogens is 921 g/mol. The normalized spacial score (nSPS) is 19.1. The third kappa shape index (κ3) is 42.5. The van der Waals surface area contributed by atoms with Gasteiger partial charge in [-0.3, -0.25) is 9.35 Å². The Morgan fingerprint density at radius 2 is 0.930 bits per heavy atom. The fraction of sp³-hybridized carbons (Fsp3) is 0.914. The van der Waals surface area contributed by atoms with Gasteiger partial charge in [-0.05, 0) is 44.9 Å². The highest BCUT2D eigenvalue weighted by Gasteiger charge is 2.48. The molecule has 4 N–H and O–H groups in total. The van der Waals surface area contributed by atoms with Crippen LogP contribution in [0.5, 0.6) is 0 Å². The van der Waals surface area contributed by atoms with Crippen molar-refractivity contribution in [1.29, 1.82) is 0 Å². The van der Waals surface area contributed by atoms with Crippen molar-refractivity contribution in [2.24, 2.45) is 0 Å². The minimum Gasteiger partial charge on any atom is -0.457 e. The molecule has 0 saturated carbocycles. The van der Waals surface area contributed by atoms with Crippen molar-refractivity contribution < 1.29 is 56.2 Å². The van der Waals surface area contributed by atoms with E-state index in [1.807, 2.05) is 0 Å². The van der Waals surface area contributed by atoms with E-state index in [-0.39, 0.29) is 19.6 Å². The molecule has 0 spiro atoms. The number of allylic oxidation sites excluding steroid dienone is 4. The van der Waals surface area contributed by atoms with Gasteiger partial charge in [0.25, 0.3) is 0 Å². The first-order valence-electron chi connectivity index (χ1n) is 29.6. The van der Waals surface area contributed by atoms with Crippen LogP contribution in [0.2, 0.25) is 0 Å².